The number of ether oxygens (including phenoxy) is 3. The Morgan fingerprint density at radius 1 is 0.844 bits per heavy atom. The summed E-state index contributed by atoms with van der Waals surface area (Å²) >= 11 is 0. The topological polar surface area (TPSA) is 70.8 Å². The van der Waals surface area contributed by atoms with E-state index >= 15 is 0 Å². The van der Waals surface area contributed by atoms with Crippen LogP contribution in [0.4, 0.5) is 0 Å². The van der Waals surface area contributed by atoms with Crippen LogP contribution in [-0.4, -0.2) is 18.2 Å². The first-order chi connectivity index (χ1) is 15.7. The summed E-state index contributed by atoms with van der Waals surface area (Å²) in [7, 11) is 1.33. The van der Waals surface area contributed by atoms with Crippen LogP contribution < -0.4 is 9.47 Å². The molecule has 1 aromatic heterocycles. The molecular weight excluding hydrogens is 406 g/mol. The molecule has 6 heteroatoms. The Kier molecular flexibility index (Phi) is 6.51. The minimum absolute atomic E-state index is 0.291. The third kappa shape index (κ3) is 4.81. The van der Waals surface area contributed by atoms with Crippen LogP contribution in [0, 0.1) is 6.92 Å². The Morgan fingerprint density at radius 3 is 2.03 bits per heavy atom. The summed E-state index contributed by atoms with van der Waals surface area (Å²) in [6.45, 7) is 2.44. The van der Waals surface area contributed by atoms with Crippen molar-refractivity contribution in [2.45, 2.75) is 20.1 Å². The highest BCUT2D eigenvalue weighted by Crippen LogP contribution is 2.35. The molecule has 6 nitrogen and oxygen atoms in total. The van der Waals surface area contributed by atoms with Gasteiger partial charge in [-0.3, -0.25) is 0 Å². The molecule has 0 aliphatic heterocycles. The Morgan fingerprint density at radius 2 is 1.44 bits per heavy atom. The van der Waals surface area contributed by atoms with Crippen molar-refractivity contribution in [2.75, 3.05) is 7.11 Å². The SMILES string of the molecule is COC(=O)c1c(-c2ccc(OCc3ccccc3)c(OCc3ccccc3)c2)noc1C. The van der Waals surface area contributed by atoms with Gasteiger partial charge < -0.3 is 18.7 Å². The lowest BCUT2D eigenvalue weighted by atomic mass is 10.1. The molecule has 0 aliphatic rings. The molecular formula is C26H23NO5. The van der Waals surface area contributed by atoms with E-state index in [1.165, 1.54) is 7.11 Å². The second-order valence-corrected chi connectivity index (χ2v) is 7.16. The number of aromatic nitrogens is 1. The number of carbonyl (C=O) groups is 1. The van der Waals surface area contributed by atoms with Gasteiger partial charge in [0.15, 0.2) is 11.5 Å². The monoisotopic (exact) mass is 429 g/mol. The molecule has 0 radical (unpaired) electrons. The molecule has 0 aliphatic carbocycles. The van der Waals surface area contributed by atoms with E-state index in [4.69, 9.17) is 18.7 Å². The van der Waals surface area contributed by atoms with Gasteiger partial charge in [-0.15, -0.1) is 0 Å². The average Bonchev–Trinajstić information content (AvgIpc) is 3.23. The van der Waals surface area contributed by atoms with Crippen molar-refractivity contribution < 1.29 is 23.5 Å². The van der Waals surface area contributed by atoms with Crippen LogP contribution in [-0.2, 0) is 18.0 Å². The summed E-state index contributed by atoms with van der Waals surface area (Å²) in [5.74, 6) is 1.02. The van der Waals surface area contributed by atoms with Crippen molar-refractivity contribution in [3.63, 3.8) is 0 Å². The van der Waals surface area contributed by atoms with Gasteiger partial charge in [0.2, 0.25) is 0 Å². The van der Waals surface area contributed by atoms with Crippen molar-refractivity contribution in [1.82, 2.24) is 5.16 Å². The summed E-state index contributed by atoms with van der Waals surface area (Å²) < 4.78 is 22.3. The Labute approximate surface area is 186 Å². The minimum Gasteiger partial charge on any atom is -0.485 e. The third-order valence-electron chi connectivity index (χ3n) is 4.94. The molecule has 0 bridgehead atoms. The van der Waals surface area contributed by atoms with Gasteiger partial charge in [0, 0.05) is 5.56 Å². The van der Waals surface area contributed by atoms with Crippen LogP contribution >= 0.6 is 0 Å². The quantitative estimate of drug-likeness (QED) is 0.340. The second kappa shape index (κ2) is 9.83. The Bertz CT molecular complexity index is 1190. The molecule has 0 spiro atoms. The lowest BCUT2D eigenvalue weighted by Gasteiger charge is -2.14. The van der Waals surface area contributed by atoms with Gasteiger partial charge in [0.25, 0.3) is 0 Å². The van der Waals surface area contributed by atoms with Crippen molar-refractivity contribution in [3.8, 4) is 22.8 Å². The lowest BCUT2D eigenvalue weighted by molar-refractivity contribution is 0.0599. The molecule has 162 valence electrons. The van der Waals surface area contributed by atoms with Crippen molar-refractivity contribution in [2.24, 2.45) is 0 Å². The van der Waals surface area contributed by atoms with E-state index in [2.05, 4.69) is 5.16 Å². The van der Waals surface area contributed by atoms with E-state index < -0.39 is 5.97 Å². The highest BCUT2D eigenvalue weighted by molar-refractivity contribution is 5.97. The summed E-state index contributed by atoms with van der Waals surface area (Å²) in [6.07, 6.45) is 0. The van der Waals surface area contributed by atoms with Gasteiger partial charge in [0.05, 0.1) is 7.11 Å². The van der Waals surface area contributed by atoms with Gasteiger partial charge in [-0.05, 0) is 36.2 Å². The van der Waals surface area contributed by atoms with Crippen LogP contribution in [0.2, 0.25) is 0 Å². The van der Waals surface area contributed by atoms with Gasteiger partial charge >= 0.3 is 5.97 Å². The first-order valence-electron chi connectivity index (χ1n) is 10.2. The standard InChI is InChI=1S/C26H23NO5/c1-18-24(26(28)29-2)25(27-32-18)21-13-14-22(30-16-19-9-5-3-6-10-19)23(15-21)31-17-20-11-7-4-8-12-20/h3-15H,16-17H2,1-2H3. The van der Waals surface area contributed by atoms with Crippen molar-refractivity contribution >= 4 is 5.97 Å². The first kappa shape index (κ1) is 21.2. The number of carbonyl (C=O) groups excluding carboxylic acids is 1. The fourth-order valence-corrected chi connectivity index (χ4v) is 3.27. The summed E-state index contributed by atoms with van der Waals surface area (Å²) in [6, 6.07) is 25.2. The van der Waals surface area contributed by atoms with Gasteiger partial charge in [0.1, 0.15) is 30.2 Å². The molecule has 0 saturated heterocycles. The number of esters is 1. The molecule has 1 heterocycles. The molecule has 4 rings (SSSR count). The minimum atomic E-state index is -0.505. The zero-order chi connectivity index (χ0) is 22.3. The predicted molar refractivity (Wildman–Crippen MR) is 120 cm³/mol. The maximum absolute atomic E-state index is 12.2. The first-order valence-corrected chi connectivity index (χ1v) is 10.2. The molecule has 0 unspecified atom stereocenters. The number of methoxy groups -OCH3 is 1. The van der Waals surface area contributed by atoms with Gasteiger partial charge in [-0.2, -0.15) is 0 Å². The van der Waals surface area contributed by atoms with Crippen LogP contribution in [0.5, 0.6) is 11.5 Å². The van der Waals surface area contributed by atoms with Crippen molar-refractivity contribution in [3.05, 3.63) is 101 Å². The second-order valence-electron chi connectivity index (χ2n) is 7.16. The van der Waals surface area contributed by atoms with E-state index in [-0.39, 0.29) is 0 Å². The predicted octanol–water partition coefficient (Wildman–Crippen LogP) is 5.59. The van der Waals surface area contributed by atoms with E-state index in [9.17, 15) is 4.79 Å². The fourth-order valence-electron chi connectivity index (χ4n) is 3.27. The molecule has 4 aromatic rings. The molecule has 0 atom stereocenters. The van der Waals surface area contributed by atoms with E-state index in [1.54, 1.807) is 13.0 Å². The zero-order valence-electron chi connectivity index (χ0n) is 17.9. The average molecular weight is 429 g/mol. The van der Waals surface area contributed by atoms with Crippen LogP contribution in [0.25, 0.3) is 11.3 Å². The summed E-state index contributed by atoms with van der Waals surface area (Å²) in [4.78, 5) is 12.2. The molecule has 32 heavy (non-hydrogen) atoms. The number of rotatable bonds is 8. The van der Waals surface area contributed by atoms with Crippen LogP contribution in [0.1, 0.15) is 27.2 Å². The third-order valence-corrected chi connectivity index (χ3v) is 4.94. The molecule has 0 amide bonds. The molecule has 0 fully saturated rings. The summed E-state index contributed by atoms with van der Waals surface area (Å²) in [5, 5.41) is 4.07. The number of aryl methyl sites for hydroxylation is 1. The molecule has 3 aromatic carbocycles. The lowest BCUT2D eigenvalue weighted by Crippen LogP contribution is -2.04. The molecule has 0 N–H and O–H groups in total. The highest BCUT2D eigenvalue weighted by atomic mass is 16.5. The number of hydrogen-bond donors (Lipinski definition) is 0. The maximum Gasteiger partial charge on any atom is 0.343 e. The Hall–Kier alpha value is -4.06. The Balaban J connectivity index is 1.65. The fraction of sp³-hybridized carbons (Fsp3) is 0.154. The van der Waals surface area contributed by atoms with E-state index in [0.29, 0.717) is 47.3 Å². The number of hydrogen-bond acceptors (Lipinski definition) is 6. The molecule has 0 saturated carbocycles. The van der Waals surface area contributed by atoms with Crippen LogP contribution in [0.15, 0.2) is 83.4 Å². The maximum atomic E-state index is 12.2. The number of benzene rings is 3. The largest absolute Gasteiger partial charge is 0.485 e. The van der Waals surface area contributed by atoms with Gasteiger partial charge in [-0.25, -0.2) is 4.79 Å². The van der Waals surface area contributed by atoms with Crippen molar-refractivity contribution in [1.29, 1.82) is 0 Å². The van der Waals surface area contributed by atoms with Crippen LogP contribution in [0.3, 0.4) is 0 Å². The summed E-state index contributed by atoms with van der Waals surface area (Å²) in [5.41, 5.74) is 3.43. The van der Waals surface area contributed by atoms with E-state index in [0.717, 1.165) is 11.1 Å². The van der Waals surface area contributed by atoms with E-state index in [1.807, 2.05) is 72.8 Å². The highest BCUT2D eigenvalue weighted by Gasteiger charge is 2.23. The van der Waals surface area contributed by atoms with Gasteiger partial charge in [-0.1, -0.05) is 65.8 Å². The number of nitrogens with zero attached hydrogens (tertiary/aromatic N) is 1. The smallest absolute Gasteiger partial charge is 0.343 e. The zero-order valence-corrected chi connectivity index (χ0v) is 17.9. The normalized spacial score (nSPS) is 10.6.